The van der Waals surface area contributed by atoms with E-state index < -0.39 is 0 Å². The number of nitrogens with zero attached hydrogens (tertiary/aromatic N) is 1. The van der Waals surface area contributed by atoms with Crippen molar-refractivity contribution < 1.29 is 4.74 Å². The van der Waals surface area contributed by atoms with Gasteiger partial charge in [0.15, 0.2) is 0 Å². The van der Waals surface area contributed by atoms with Crippen LogP contribution in [0.1, 0.15) is 13.8 Å². The summed E-state index contributed by atoms with van der Waals surface area (Å²) in [7, 11) is 0. The molecule has 1 heterocycles. The highest BCUT2D eigenvalue weighted by atomic mass is 79.9. The van der Waals surface area contributed by atoms with E-state index in [4.69, 9.17) is 4.74 Å². The molecule has 0 saturated carbocycles. The highest BCUT2D eigenvalue weighted by Gasteiger charge is 2.21. The van der Waals surface area contributed by atoms with Crippen LogP contribution in [0.4, 0.5) is 0 Å². The van der Waals surface area contributed by atoms with E-state index in [9.17, 15) is 0 Å². The van der Waals surface area contributed by atoms with E-state index in [1.807, 2.05) is 24.3 Å². The molecule has 3 nitrogen and oxygen atoms in total. The van der Waals surface area contributed by atoms with Gasteiger partial charge in [-0.15, -0.1) is 0 Å². The zero-order valence-electron chi connectivity index (χ0n) is 11.7. The maximum absolute atomic E-state index is 5.79. The maximum Gasteiger partial charge on any atom is 0.120 e. The second kappa shape index (κ2) is 7.27. The Kier molecular flexibility index (Phi) is 5.67. The third-order valence-corrected chi connectivity index (χ3v) is 4.06. The zero-order valence-corrected chi connectivity index (χ0v) is 13.3. The van der Waals surface area contributed by atoms with Crippen LogP contribution in [0, 0.1) is 5.92 Å². The molecule has 1 aliphatic rings. The standard InChI is InChI=1S/C15H23BrN2O/c1-12(2)15-11-18(7-6-17-15)8-9-19-14-5-3-4-13(16)10-14/h3-5,10,12,15,17H,6-9,11H2,1-2H3. The largest absolute Gasteiger partial charge is 0.492 e. The molecule has 4 heteroatoms. The first-order chi connectivity index (χ1) is 9.15. The first-order valence-electron chi connectivity index (χ1n) is 6.99. The summed E-state index contributed by atoms with van der Waals surface area (Å²) >= 11 is 3.46. The smallest absolute Gasteiger partial charge is 0.120 e. The summed E-state index contributed by atoms with van der Waals surface area (Å²) in [4.78, 5) is 2.49. The van der Waals surface area contributed by atoms with E-state index in [1.165, 1.54) is 0 Å². The predicted molar refractivity (Wildman–Crippen MR) is 82.7 cm³/mol. The highest BCUT2D eigenvalue weighted by molar-refractivity contribution is 9.10. The lowest BCUT2D eigenvalue weighted by molar-refractivity contribution is 0.149. The molecular formula is C15H23BrN2O. The number of ether oxygens (including phenoxy) is 1. The van der Waals surface area contributed by atoms with Crippen molar-refractivity contribution in [2.24, 2.45) is 5.92 Å². The molecule has 0 bridgehead atoms. The van der Waals surface area contributed by atoms with Gasteiger partial charge < -0.3 is 10.1 Å². The van der Waals surface area contributed by atoms with Gasteiger partial charge in [0.1, 0.15) is 12.4 Å². The van der Waals surface area contributed by atoms with Crippen LogP contribution in [-0.4, -0.2) is 43.7 Å². The van der Waals surface area contributed by atoms with Crippen molar-refractivity contribution in [1.82, 2.24) is 10.2 Å². The van der Waals surface area contributed by atoms with Gasteiger partial charge in [0.25, 0.3) is 0 Å². The fraction of sp³-hybridized carbons (Fsp3) is 0.600. The SMILES string of the molecule is CC(C)C1CN(CCOc2cccc(Br)c2)CCN1. The van der Waals surface area contributed by atoms with Crippen LogP contribution in [0.5, 0.6) is 5.75 Å². The van der Waals surface area contributed by atoms with Crippen molar-refractivity contribution in [2.75, 3.05) is 32.8 Å². The van der Waals surface area contributed by atoms with Crippen LogP contribution in [-0.2, 0) is 0 Å². The normalized spacial score (nSPS) is 20.7. The average molecular weight is 327 g/mol. The summed E-state index contributed by atoms with van der Waals surface area (Å²) in [6, 6.07) is 8.63. The molecule has 1 atom stereocenters. The van der Waals surface area contributed by atoms with E-state index in [0.29, 0.717) is 12.0 Å². The molecule has 106 valence electrons. The molecule has 1 aromatic carbocycles. The second-order valence-corrected chi connectivity index (χ2v) is 6.33. The van der Waals surface area contributed by atoms with E-state index in [-0.39, 0.29) is 0 Å². The number of hydrogen-bond donors (Lipinski definition) is 1. The minimum absolute atomic E-state index is 0.611. The van der Waals surface area contributed by atoms with Crippen molar-refractivity contribution in [2.45, 2.75) is 19.9 Å². The fourth-order valence-corrected chi connectivity index (χ4v) is 2.72. The number of benzene rings is 1. The van der Waals surface area contributed by atoms with Crippen LogP contribution < -0.4 is 10.1 Å². The van der Waals surface area contributed by atoms with Gasteiger partial charge in [0.2, 0.25) is 0 Å². The summed E-state index contributed by atoms with van der Waals surface area (Å²) in [6.07, 6.45) is 0. The van der Waals surface area contributed by atoms with E-state index >= 15 is 0 Å². The Labute approximate surface area is 124 Å². The predicted octanol–water partition coefficient (Wildman–Crippen LogP) is 2.76. The van der Waals surface area contributed by atoms with Crippen LogP contribution >= 0.6 is 15.9 Å². The van der Waals surface area contributed by atoms with Crippen molar-refractivity contribution >= 4 is 15.9 Å². The first kappa shape index (κ1) is 14.8. The number of hydrogen-bond acceptors (Lipinski definition) is 3. The quantitative estimate of drug-likeness (QED) is 0.900. The van der Waals surface area contributed by atoms with Gasteiger partial charge in [-0.25, -0.2) is 0 Å². The summed E-state index contributed by atoms with van der Waals surface area (Å²) in [5, 5.41) is 3.58. The van der Waals surface area contributed by atoms with Gasteiger partial charge in [0.05, 0.1) is 0 Å². The first-order valence-corrected chi connectivity index (χ1v) is 7.78. The Hall–Kier alpha value is -0.580. The minimum atomic E-state index is 0.611. The molecule has 0 spiro atoms. The number of nitrogens with one attached hydrogen (secondary N) is 1. The summed E-state index contributed by atoms with van der Waals surface area (Å²) in [5.41, 5.74) is 0. The van der Waals surface area contributed by atoms with Gasteiger partial charge in [-0.2, -0.15) is 0 Å². The Bertz CT molecular complexity index is 397. The lowest BCUT2D eigenvalue weighted by atomic mass is 10.0. The zero-order chi connectivity index (χ0) is 13.7. The number of halogens is 1. The van der Waals surface area contributed by atoms with Gasteiger partial charge in [0, 0.05) is 36.7 Å². The molecule has 0 radical (unpaired) electrons. The number of rotatable bonds is 5. The van der Waals surface area contributed by atoms with Gasteiger partial charge >= 0.3 is 0 Å². The third-order valence-electron chi connectivity index (χ3n) is 3.57. The average Bonchev–Trinajstić information content (AvgIpc) is 2.39. The van der Waals surface area contributed by atoms with E-state index in [2.05, 4.69) is 40.0 Å². The molecule has 0 aliphatic carbocycles. The minimum Gasteiger partial charge on any atom is -0.492 e. The molecule has 1 N–H and O–H groups in total. The van der Waals surface area contributed by atoms with Crippen molar-refractivity contribution in [3.05, 3.63) is 28.7 Å². The van der Waals surface area contributed by atoms with Crippen molar-refractivity contribution in [3.63, 3.8) is 0 Å². The lowest BCUT2D eigenvalue weighted by Crippen LogP contribution is -2.53. The molecule has 19 heavy (non-hydrogen) atoms. The maximum atomic E-state index is 5.79. The Morgan fingerprint density at radius 1 is 1.47 bits per heavy atom. The van der Waals surface area contributed by atoms with Crippen LogP contribution in [0.25, 0.3) is 0 Å². The van der Waals surface area contributed by atoms with E-state index in [0.717, 1.165) is 43.0 Å². The van der Waals surface area contributed by atoms with Crippen LogP contribution in [0.2, 0.25) is 0 Å². The third kappa shape index (κ3) is 4.79. The van der Waals surface area contributed by atoms with Gasteiger partial charge in [-0.1, -0.05) is 35.8 Å². The summed E-state index contributed by atoms with van der Waals surface area (Å²) in [5.74, 6) is 1.62. The molecule has 0 amide bonds. The topological polar surface area (TPSA) is 24.5 Å². The van der Waals surface area contributed by atoms with E-state index in [1.54, 1.807) is 0 Å². The summed E-state index contributed by atoms with van der Waals surface area (Å²) in [6.45, 7) is 9.63. The summed E-state index contributed by atoms with van der Waals surface area (Å²) < 4.78 is 6.86. The second-order valence-electron chi connectivity index (χ2n) is 5.41. The molecular weight excluding hydrogens is 304 g/mol. The molecule has 1 fully saturated rings. The van der Waals surface area contributed by atoms with Crippen molar-refractivity contribution in [1.29, 1.82) is 0 Å². The van der Waals surface area contributed by atoms with Gasteiger partial charge in [-0.3, -0.25) is 4.90 Å². The molecule has 1 saturated heterocycles. The number of piperazine rings is 1. The Morgan fingerprint density at radius 2 is 2.32 bits per heavy atom. The Morgan fingerprint density at radius 3 is 3.05 bits per heavy atom. The fourth-order valence-electron chi connectivity index (χ4n) is 2.34. The monoisotopic (exact) mass is 326 g/mol. The Balaban J connectivity index is 1.73. The van der Waals surface area contributed by atoms with Gasteiger partial charge in [-0.05, 0) is 24.1 Å². The van der Waals surface area contributed by atoms with Crippen LogP contribution in [0.15, 0.2) is 28.7 Å². The van der Waals surface area contributed by atoms with Crippen molar-refractivity contribution in [3.8, 4) is 5.75 Å². The molecule has 1 aliphatic heterocycles. The van der Waals surface area contributed by atoms with Crippen LogP contribution in [0.3, 0.4) is 0 Å². The molecule has 1 aromatic rings. The molecule has 1 unspecified atom stereocenters. The highest BCUT2D eigenvalue weighted by Crippen LogP contribution is 2.17. The molecule has 0 aromatic heterocycles. The molecule has 2 rings (SSSR count). The lowest BCUT2D eigenvalue weighted by Gasteiger charge is -2.35.